The lowest BCUT2D eigenvalue weighted by Gasteiger charge is -2.47. The SMILES string of the molecule is CC1(C)CN(c2nccc(CN)c2Cl)CC(C)(C)O1. The molecule has 1 aliphatic heterocycles. The van der Waals surface area contributed by atoms with Gasteiger partial charge in [-0.05, 0) is 39.3 Å². The van der Waals surface area contributed by atoms with Crippen LogP contribution in [0.5, 0.6) is 0 Å². The Morgan fingerprint density at radius 2 is 1.89 bits per heavy atom. The highest BCUT2D eigenvalue weighted by Crippen LogP contribution is 2.34. The molecule has 4 nitrogen and oxygen atoms in total. The van der Waals surface area contributed by atoms with Crippen molar-refractivity contribution in [3.63, 3.8) is 0 Å². The van der Waals surface area contributed by atoms with Crippen molar-refractivity contribution in [2.24, 2.45) is 5.73 Å². The summed E-state index contributed by atoms with van der Waals surface area (Å²) in [4.78, 5) is 6.61. The summed E-state index contributed by atoms with van der Waals surface area (Å²) in [6.45, 7) is 10.3. The molecule has 0 spiro atoms. The summed E-state index contributed by atoms with van der Waals surface area (Å²) in [5.74, 6) is 0.800. The van der Waals surface area contributed by atoms with Crippen LogP contribution in [0, 0.1) is 0 Å². The van der Waals surface area contributed by atoms with E-state index in [9.17, 15) is 0 Å². The summed E-state index contributed by atoms with van der Waals surface area (Å²) >= 11 is 6.40. The van der Waals surface area contributed by atoms with Gasteiger partial charge in [-0.1, -0.05) is 11.6 Å². The van der Waals surface area contributed by atoms with Crippen LogP contribution in [-0.4, -0.2) is 29.3 Å². The number of aromatic nitrogens is 1. The van der Waals surface area contributed by atoms with Gasteiger partial charge in [0.2, 0.25) is 0 Å². The largest absolute Gasteiger partial charge is 0.366 e. The third kappa shape index (κ3) is 3.19. The second-order valence-electron chi connectivity index (χ2n) is 6.29. The molecular weight excluding hydrogens is 262 g/mol. The molecule has 0 aliphatic carbocycles. The zero-order valence-electron chi connectivity index (χ0n) is 12.0. The Morgan fingerprint density at radius 3 is 2.42 bits per heavy atom. The first kappa shape index (κ1) is 14.6. The molecule has 0 atom stereocenters. The molecule has 0 saturated carbocycles. The average molecular weight is 284 g/mol. The van der Waals surface area contributed by atoms with Gasteiger partial charge in [-0.2, -0.15) is 0 Å². The summed E-state index contributed by atoms with van der Waals surface area (Å²) in [7, 11) is 0. The topological polar surface area (TPSA) is 51.4 Å². The molecule has 0 aromatic carbocycles. The molecule has 1 saturated heterocycles. The minimum Gasteiger partial charge on any atom is -0.366 e. The average Bonchev–Trinajstić information content (AvgIpc) is 2.25. The van der Waals surface area contributed by atoms with Crippen LogP contribution in [0.1, 0.15) is 33.3 Å². The van der Waals surface area contributed by atoms with Gasteiger partial charge in [-0.3, -0.25) is 0 Å². The van der Waals surface area contributed by atoms with Crippen LogP contribution < -0.4 is 10.6 Å². The Hall–Kier alpha value is -0.840. The Kier molecular flexibility index (Phi) is 3.78. The molecule has 0 unspecified atom stereocenters. The van der Waals surface area contributed by atoms with E-state index in [-0.39, 0.29) is 11.2 Å². The van der Waals surface area contributed by atoms with Crippen molar-refractivity contribution in [2.75, 3.05) is 18.0 Å². The molecule has 5 heteroatoms. The first-order valence-electron chi connectivity index (χ1n) is 6.53. The number of morpholine rings is 1. The van der Waals surface area contributed by atoms with Crippen molar-refractivity contribution in [3.05, 3.63) is 22.8 Å². The fraction of sp³-hybridized carbons (Fsp3) is 0.643. The number of nitrogens with zero attached hydrogens (tertiary/aromatic N) is 2. The van der Waals surface area contributed by atoms with E-state index in [0.29, 0.717) is 11.6 Å². The standard InChI is InChI=1S/C14H22ClN3O/c1-13(2)8-18(9-14(3,4)19-13)12-11(15)10(7-16)5-6-17-12/h5-6H,7-9,16H2,1-4H3. The minimum absolute atomic E-state index is 0.231. The maximum Gasteiger partial charge on any atom is 0.147 e. The highest BCUT2D eigenvalue weighted by atomic mass is 35.5. The lowest BCUT2D eigenvalue weighted by molar-refractivity contribution is -0.133. The van der Waals surface area contributed by atoms with Crippen molar-refractivity contribution >= 4 is 17.4 Å². The molecule has 1 aliphatic rings. The fourth-order valence-electron chi connectivity index (χ4n) is 2.79. The number of ether oxygens (including phenoxy) is 1. The van der Waals surface area contributed by atoms with E-state index >= 15 is 0 Å². The number of nitrogens with two attached hydrogens (primary N) is 1. The molecule has 0 bridgehead atoms. The van der Waals surface area contributed by atoms with Gasteiger partial charge in [-0.25, -0.2) is 4.98 Å². The zero-order valence-corrected chi connectivity index (χ0v) is 12.8. The number of anilines is 1. The van der Waals surface area contributed by atoms with Crippen molar-refractivity contribution < 1.29 is 4.74 Å². The molecule has 106 valence electrons. The van der Waals surface area contributed by atoms with Crippen molar-refractivity contribution in [3.8, 4) is 0 Å². The molecule has 1 aromatic rings. The number of hydrogen-bond acceptors (Lipinski definition) is 4. The van der Waals surface area contributed by atoms with E-state index < -0.39 is 0 Å². The van der Waals surface area contributed by atoms with E-state index in [1.54, 1.807) is 6.20 Å². The van der Waals surface area contributed by atoms with Gasteiger partial charge in [0.1, 0.15) is 5.82 Å². The van der Waals surface area contributed by atoms with Gasteiger partial charge >= 0.3 is 0 Å². The summed E-state index contributed by atoms with van der Waals surface area (Å²) in [6.07, 6.45) is 1.76. The maximum atomic E-state index is 6.40. The lowest BCUT2D eigenvalue weighted by atomic mass is 9.99. The molecule has 1 aromatic heterocycles. The van der Waals surface area contributed by atoms with Crippen LogP contribution in [0.3, 0.4) is 0 Å². The van der Waals surface area contributed by atoms with E-state index in [2.05, 4.69) is 37.6 Å². The third-order valence-corrected chi connectivity index (χ3v) is 3.58. The molecule has 0 radical (unpaired) electrons. The predicted molar refractivity (Wildman–Crippen MR) is 78.6 cm³/mol. The number of rotatable bonds is 2. The van der Waals surface area contributed by atoms with Crippen LogP contribution in [0.4, 0.5) is 5.82 Å². The fourth-order valence-corrected chi connectivity index (χ4v) is 3.10. The lowest BCUT2D eigenvalue weighted by Crippen LogP contribution is -2.57. The molecule has 2 N–H and O–H groups in total. The highest BCUT2D eigenvalue weighted by Gasteiger charge is 2.39. The summed E-state index contributed by atoms with van der Waals surface area (Å²) in [5.41, 5.74) is 6.16. The summed E-state index contributed by atoms with van der Waals surface area (Å²) in [6, 6.07) is 1.86. The first-order valence-corrected chi connectivity index (χ1v) is 6.90. The van der Waals surface area contributed by atoms with Crippen LogP contribution >= 0.6 is 11.6 Å². The molecular formula is C14H22ClN3O. The molecule has 19 heavy (non-hydrogen) atoms. The molecule has 2 rings (SSSR count). The Labute approximate surface area is 119 Å². The van der Waals surface area contributed by atoms with Crippen molar-refractivity contribution in [1.82, 2.24) is 4.98 Å². The maximum absolute atomic E-state index is 6.40. The van der Waals surface area contributed by atoms with Gasteiger partial charge in [0.05, 0.1) is 16.2 Å². The smallest absolute Gasteiger partial charge is 0.147 e. The monoisotopic (exact) mass is 283 g/mol. The quantitative estimate of drug-likeness (QED) is 0.906. The normalized spacial score (nSPS) is 21.5. The van der Waals surface area contributed by atoms with Gasteiger partial charge in [0.25, 0.3) is 0 Å². The first-order chi connectivity index (χ1) is 8.74. The second-order valence-corrected chi connectivity index (χ2v) is 6.67. The van der Waals surface area contributed by atoms with Gasteiger partial charge in [0, 0.05) is 25.8 Å². The summed E-state index contributed by atoms with van der Waals surface area (Å²) < 4.78 is 6.07. The van der Waals surface area contributed by atoms with E-state index in [1.165, 1.54) is 0 Å². The van der Waals surface area contributed by atoms with Crippen LogP contribution in [-0.2, 0) is 11.3 Å². The Morgan fingerprint density at radius 1 is 1.32 bits per heavy atom. The van der Waals surface area contributed by atoms with Crippen LogP contribution in [0.2, 0.25) is 5.02 Å². The van der Waals surface area contributed by atoms with E-state index in [1.807, 2.05) is 6.07 Å². The number of pyridine rings is 1. The van der Waals surface area contributed by atoms with Crippen LogP contribution in [0.25, 0.3) is 0 Å². The molecule has 0 amide bonds. The van der Waals surface area contributed by atoms with Crippen LogP contribution in [0.15, 0.2) is 12.3 Å². The van der Waals surface area contributed by atoms with Gasteiger partial charge in [0.15, 0.2) is 0 Å². The van der Waals surface area contributed by atoms with Crippen molar-refractivity contribution in [1.29, 1.82) is 0 Å². The predicted octanol–water partition coefficient (Wildman–Crippen LogP) is 2.59. The molecule has 1 fully saturated rings. The van der Waals surface area contributed by atoms with Gasteiger partial charge < -0.3 is 15.4 Å². The number of halogens is 1. The van der Waals surface area contributed by atoms with Crippen molar-refractivity contribution in [2.45, 2.75) is 45.4 Å². The Balaban J connectivity index is 2.36. The Bertz CT molecular complexity index is 458. The molecule has 2 heterocycles. The van der Waals surface area contributed by atoms with Gasteiger partial charge in [-0.15, -0.1) is 0 Å². The third-order valence-electron chi connectivity index (χ3n) is 3.17. The highest BCUT2D eigenvalue weighted by molar-refractivity contribution is 6.33. The zero-order chi connectivity index (χ0) is 14.3. The summed E-state index contributed by atoms with van der Waals surface area (Å²) in [5, 5.41) is 0.651. The minimum atomic E-state index is -0.231. The number of hydrogen-bond donors (Lipinski definition) is 1. The second kappa shape index (κ2) is 4.93. The van der Waals surface area contributed by atoms with E-state index in [4.69, 9.17) is 22.1 Å². The van der Waals surface area contributed by atoms with E-state index in [0.717, 1.165) is 24.5 Å².